The van der Waals surface area contributed by atoms with Gasteiger partial charge in [-0.2, -0.15) is 0 Å². The highest BCUT2D eigenvalue weighted by Crippen LogP contribution is 2.43. The first-order chi connectivity index (χ1) is 15.9. The van der Waals surface area contributed by atoms with Crippen LogP contribution in [0.2, 0.25) is 0 Å². The summed E-state index contributed by atoms with van der Waals surface area (Å²) in [4.78, 5) is 3.46. The van der Waals surface area contributed by atoms with Gasteiger partial charge in [-0.15, -0.1) is 0 Å². The van der Waals surface area contributed by atoms with Gasteiger partial charge < -0.3 is 9.80 Å². The summed E-state index contributed by atoms with van der Waals surface area (Å²) in [6, 6.07) is 37.2. The largest absolute Gasteiger partial charge is 0.316 e. The number of quaternary nitrogens is 2. The summed E-state index contributed by atoms with van der Waals surface area (Å²) in [7, 11) is 0. The lowest BCUT2D eigenvalue weighted by atomic mass is 10.00. The van der Waals surface area contributed by atoms with E-state index < -0.39 is 0 Å². The second-order valence-corrected chi connectivity index (χ2v) is 9.53. The van der Waals surface area contributed by atoms with Crippen molar-refractivity contribution < 1.29 is 9.80 Å². The summed E-state index contributed by atoms with van der Waals surface area (Å²) >= 11 is 0. The molecule has 4 aromatic carbocycles. The van der Waals surface area contributed by atoms with Crippen molar-refractivity contribution in [2.75, 3.05) is 26.2 Å². The first kappa shape index (κ1) is 18.4. The molecule has 0 atom stereocenters. The van der Waals surface area contributed by atoms with Gasteiger partial charge >= 0.3 is 0 Å². The Morgan fingerprint density at radius 2 is 0.625 bits per heavy atom. The summed E-state index contributed by atoms with van der Waals surface area (Å²) in [5.41, 5.74) is 11.8. The minimum atomic E-state index is 0.479. The van der Waals surface area contributed by atoms with Crippen molar-refractivity contribution in [1.82, 2.24) is 0 Å². The molecule has 0 aromatic heterocycles. The van der Waals surface area contributed by atoms with Gasteiger partial charge in [0.2, 0.25) is 0 Å². The van der Waals surface area contributed by atoms with Crippen LogP contribution in [0, 0.1) is 0 Å². The van der Waals surface area contributed by atoms with E-state index in [2.05, 4.69) is 97.1 Å². The number of hydrogen-bond donors (Lipinski definition) is 2. The zero-order valence-electron chi connectivity index (χ0n) is 18.2. The summed E-state index contributed by atoms with van der Waals surface area (Å²) in [5, 5.41) is 0. The molecule has 2 aliphatic carbocycles. The maximum Gasteiger partial charge on any atom is 0.140 e. The average Bonchev–Trinajstić information content (AvgIpc) is 3.38. The van der Waals surface area contributed by atoms with Crippen LogP contribution >= 0.6 is 0 Å². The fourth-order valence-electron chi connectivity index (χ4n) is 6.66. The van der Waals surface area contributed by atoms with E-state index in [1.54, 1.807) is 9.80 Å². The van der Waals surface area contributed by atoms with Gasteiger partial charge in [0.15, 0.2) is 0 Å². The van der Waals surface area contributed by atoms with Crippen molar-refractivity contribution in [2.24, 2.45) is 0 Å². The molecule has 1 aliphatic heterocycles. The van der Waals surface area contributed by atoms with Crippen molar-refractivity contribution >= 4 is 0 Å². The lowest BCUT2D eigenvalue weighted by Gasteiger charge is -2.36. The van der Waals surface area contributed by atoms with Gasteiger partial charge in [0, 0.05) is 22.3 Å². The van der Waals surface area contributed by atoms with E-state index in [1.165, 1.54) is 70.7 Å². The third kappa shape index (κ3) is 2.60. The van der Waals surface area contributed by atoms with Crippen molar-refractivity contribution in [3.8, 4) is 22.3 Å². The molecule has 0 spiro atoms. The van der Waals surface area contributed by atoms with E-state index in [9.17, 15) is 0 Å². The monoisotopic (exact) mass is 416 g/mol. The van der Waals surface area contributed by atoms with E-state index in [4.69, 9.17) is 0 Å². The Morgan fingerprint density at radius 1 is 0.375 bits per heavy atom. The predicted molar refractivity (Wildman–Crippen MR) is 129 cm³/mol. The maximum absolute atomic E-state index is 2.36. The second kappa shape index (κ2) is 7.16. The molecule has 0 amide bonds. The first-order valence-corrected chi connectivity index (χ1v) is 12.0. The van der Waals surface area contributed by atoms with Crippen LogP contribution in [0.5, 0.6) is 0 Å². The summed E-state index contributed by atoms with van der Waals surface area (Å²) in [5.74, 6) is 0. The van der Waals surface area contributed by atoms with Crippen LogP contribution < -0.4 is 9.80 Å². The molecule has 1 fully saturated rings. The molecular formula is C30H28N2+2. The van der Waals surface area contributed by atoms with Crippen LogP contribution in [-0.4, -0.2) is 26.2 Å². The first-order valence-electron chi connectivity index (χ1n) is 12.0. The molecule has 7 rings (SSSR count). The van der Waals surface area contributed by atoms with Crippen LogP contribution in [0.25, 0.3) is 22.3 Å². The molecule has 0 saturated carbocycles. The number of rotatable bonds is 2. The highest BCUT2D eigenvalue weighted by atomic mass is 15.3. The van der Waals surface area contributed by atoms with Crippen molar-refractivity contribution in [3.63, 3.8) is 0 Å². The molecule has 1 heterocycles. The van der Waals surface area contributed by atoms with Crippen molar-refractivity contribution in [2.45, 2.75) is 12.1 Å². The van der Waals surface area contributed by atoms with E-state index in [0.717, 1.165) is 0 Å². The fraction of sp³-hybridized carbons (Fsp3) is 0.200. The fourth-order valence-corrected chi connectivity index (χ4v) is 6.66. The van der Waals surface area contributed by atoms with Crippen LogP contribution in [0.4, 0.5) is 0 Å². The number of piperazine rings is 1. The van der Waals surface area contributed by atoms with Crippen LogP contribution in [-0.2, 0) is 0 Å². The quantitative estimate of drug-likeness (QED) is 0.496. The van der Waals surface area contributed by atoms with Gasteiger partial charge in [0.1, 0.15) is 38.3 Å². The van der Waals surface area contributed by atoms with Crippen molar-refractivity contribution in [3.05, 3.63) is 119 Å². The molecule has 0 radical (unpaired) electrons. The van der Waals surface area contributed by atoms with Gasteiger partial charge in [-0.3, -0.25) is 0 Å². The van der Waals surface area contributed by atoms with Gasteiger partial charge in [0.25, 0.3) is 0 Å². The lowest BCUT2D eigenvalue weighted by molar-refractivity contribution is -1.03. The third-order valence-corrected chi connectivity index (χ3v) is 8.02. The van der Waals surface area contributed by atoms with E-state index in [-0.39, 0.29) is 0 Å². The van der Waals surface area contributed by atoms with E-state index in [0.29, 0.717) is 12.1 Å². The minimum Gasteiger partial charge on any atom is -0.316 e. The Balaban J connectivity index is 1.20. The second-order valence-electron chi connectivity index (χ2n) is 9.53. The Kier molecular flexibility index (Phi) is 4.11. The van der Waals surface area contributed by atoms with Crippen LogP contribution in [0.1, 0.15) is 34.3 Å². The third-order valence-electron chi connectivity index (χ3n) is 8.02. The summed E-state index contributed by atoms with van der Waals surface area (Å²) in [6.45, 7) is 4.85. The summed E-state index contributed by atoms with van der Waals surface area (Å²) < 4.78 is 0. The molecule has 4 aromatic rings. The molecule has 2 nitrogen and oxygen atoms in total. The number of benzene rings is 4. The molecule has 2 N–H and O–H groups in total. The molecule has 2 heteroatoms. The normalized spacial score (nSPS) is 21.6. The molecular weight excluding hydrogens is 388 g/mol. The Morgan fingerprint density at radius 3 is 0.906 bits per heavy atom. The van der Waals surface area contributed by atoms with Crippen molar-refractivity contribution in [1.29, 1.82) is 0 Å². The lowest BCUT2D eigenvalue weighted by Crippen LogP contribution is -3.28. The van der Waals surface area contributed by atoms with Crippen LogP contribution in [0.3, 0.4) is 0 Å². The van der Waals surface area contributed by atoms with Gasteiger partial charge in [-0.05, 0) is 22.3 Å². The zero-order valence-corrected chi connectivity index (χ0v) is 18.2. The number of hydrogen-bond acceptors (Lipinski definition) is 0. The molecule has 3 aliphatic rings. The van der Waals surface area contributed by atoms with Gasteiger partial charge in [-0.1, -0.05) is 97.1 Å². The molecule has 32 heavy (non-hydrogen) atoms. The van der Waals surface area contributed by atoms with Gasteiger partial charge in [-0.25, -0.2) is 0 Å². The number of nitrogens with one attached hydrogen (secondary N) is 2. The SMILES string of the molecule is c1ccc2c(c1)-c1ccccc1C2[NH+]1CC[NH+](C2c3ccccc3-c3ccccc32)CC1. The highest BCUT2D eigenvalue weighted by molar-refractivity contribution is 5.78. The Hall–Kier alpha value is -3.20. The predicted octanol–water partition coefficient (Wildman–Crippen LogP) is 3.31. The Labute approximate surface area is 189 Å². The highest BCUT2D eigenvalue weighted by Gasteiger charge is 2.42. The molecule has 0 unspecified atom stereocenters. The maximum atomic E-state index is 2.36. The topological polar surface area (TPSA) is 8.88 Å². The molecule has 1 saturated heterocycles. The van der Waals surface area contributed by atoms with Gasteiger partial charge in [0.05, 0.1) is 0 Å². The van der Waals surface area contributed by atoms with E-state index in [1.807, 2.05) is 0 Å². The zero-order chi connectivity index (χ0) is 21.1. The summed E-state index contributed by atoms with van der Waals surface area (Å²) in [6.07, 6.45) is 0. The average molecular weight is 417 g/mol. The van der Waals surface area contributed by atoms with Crippen LogP contribution in [0.15, 0.2) is 97.1 Å². The number of fused-ring (bicyclic) bond motifs is 6. The molecule has 0 bridgehead atoms. The smallest absolute Gasteiger partial charge is 0.140 e. The standard InChI is InChI=1S/C30H26N2/c1-5-13-25-21(9-1)22-10-2-6-14-26(22)29(25)31-17-19-32(20-18-31)30-27-15-7-3-11-23(27)24-12-4-8-16-28(24)30/h1-16,29-30H,17-20H2/p+2. The van der Waals surface area contributed by atoms with E-state index >= 15 is 0 Å². The minimum absolute atomic E-state index is 0.479. The Bertz CT molecular complexity index is 1120. The molecule has 156 valence electrons.